The van der Waals surface area contributed by atoms with Crippen molar-refractivity contribution in [3.8, 4) is 0 Å². The largest absolute Gasteiger partial charge is 0.464 e. The molecule has 1 aromatic heterocycles. The van der Waals surface area contributed by atoms with Crippen LogP contribution in [0, 0.1) is 0 Å². The summed E-state index contributed by atoms with van der Waals surface area (Å²) in [5, 5.41) is 3.21. The average Bonchev–Trinajstić information content (AvgIpc) is 2.97. The van der Waals surface area contributed by atoms with Gasteiger partial charge in [-0.05, 0) is 6.42 Å². The van der Waals surface area contributed by atoms with Crippen LogP contribution in [0.25, 0.3) is 0 Å². The Hall–Kier alpha value is -0.740. The lowest BCUT2D eigenvalue weighted by atomic mass is 10.1. The van der Waals surface area contributed by atoms with E-state index >= 15 is 0 Å². The first-order valence-corrected chi connectivity index (χ1v) is 9.08. The normalized spacial score (nSPS) is 19.5. The first-order chi connectivity index (χ1) is 10.0. The molecule has 10 heteroatoms. The van der Waals surface area contributed by atoms with Crippen molar-refractivity contribution in [1.82, 2.24) is 14.6 Å². The molecular formula is C12H20ClN3O4S2. The molecule has 2 heterocycles. The summed E-state index contributed by atoms with van der Waals surface area (Å²) in [6.45, 7) is 3.64. The molecule has 7 nitrogen and oxygen atoms in total. The molecule has 1 aliphatic rings. The fourth-order valence-electron chi connectivity index (χ4n) is 2.40. The molecule has 1 saturated heterocycles. The highest BCUT2D eigenvalue weighted by Crippen LogP contribution is 2.27. The Morgan fingerprint density at radius 1 is 1.59 bits per heavy atom. The summed E-state index contributed by atoms with van der Waals surface area (Å²) in [7, 11) is -2.52. The van der Waals surface area contributed by atoms with E-state index in [1.54, 1.807) is 0 Å². The van der Waals surface area contributed by atoms with Crippen LogP contribution in [-0.2, 0) is 14.8 Å². The maximum atomic E-state index is 12.8. The molecule has 126 valence electrons. The summed E-state index contributed by atoms with van der Waals surface area (Å²) in [6.07, 6.45) is 1.67. The number of hydrogen-bond donors (Lipinski definition) is 1. The monoisotopic (exact) mass is 369 g/mol. The maximum Gasteiger partial charge on any atom is 0.358 e. The van der Waals surface area contributed by atoms with Gasteiger partial charge in [0, 0.05) is 25.7 Å². The number of aromatic nitrogens is 1. The third-order valence-corrected chi connectivity index (χ3v) is 6.67. The summed E-state index contributed by atoms with van der Waals surface area (Å²) < 4.78 is 31.7. The number of thiazole rings is 1. The van der Waals surface area contributed by atoms with E-state index in [9.17, 15) is 13.2 Å². The van der Waals surface area contributed by atoms with Crippen molar-refractivity contribution in [2.75, 3.05) is 26.7 Å². The predicted molar refractivity (Wildman–Crippen MR) is 86.2 cm³/mol. The van der Waals surface area contributed by atoms with E-state index in [1.807, 2.05) is 6.92 Å². The van der Waals surface area contributed by atoms with Crippen LogP contribution >= 0.6 is 23.7 Å². The lowest BCUT2D eigenvalue weighted by Crippen LogP contribution is -2.53. The second-order valence-electron chi connectivity index (χ2n) is 4.74. The van der Waals surface area contributed by atoms with Crippen LogP contribution in [-0.4, -0.2) is 56.5 Å². The maximum absolute atomic E-state index is 12.8. The number of carbonyl (C=O) groups excluding carboxylic acids is 1. The number of carbonyl (C=O) groups is 1. The molecule has 22 heavy (non-hydrogen) atoms. The Morgan fingerprint density at radius 2 is 2.32 bits per heavy atom. The van der Waals surface area contributed by atoms with Crippen LogP contribution in [0.1, 0.15) is 30.3 Å². The van der Waals surface area contributed by atoms with Crippen molar-refractivity contribution >= 4 is 39.7 Å². The molecule has 0 spiro atoms. The summed E-state index contributed by atoms with van der Waals surface area (Å²) in [6, 6.07) is -0.0960. The minimum atomic E-state index is -3.73. The van der Waals surface area contributed by atoms with Gasteiger partial charge in [-0.15, -0.1) is 23.7 Å². The van der Waals surface area contributed by atoms with E-state index in [4.69, 9.17) is 0 Å². The van der Waals surface area contributed by atoms with E-state index in [1.165, 1.54) is 16.9 Å². The third kappa shape index (κ3) is 3.77. The van der Waals surface area contributed by atoms with Crippen LogP contribution in [0.15, 0.2) is 9.72 Å². The minimum absolute atomic E-state index is 0. The number of halogens is 1. The number of nitrogens with one attached hydrogen (secondary N) is 1. The van der Waals surface area contributed by atoms with Gasteiger partial charge in [-0.25, -0.2) is 18.2 Å². The molecule has 1 unspecified atom stereocenters. The molecule has 0 saturated carbocycles. The highest BCUT2D eigenvalue weighted by Gasteiger charge is 2.37. The Bertz CT molecular complexity index is 603. The van der Waals surface area contributed by atoms with Gasteiger partial charge in [-0.1, -0.05) is 13.3 Å². The third-order valence-electron chi connectivity index (χ3n) is 3.37. The highest BCUT2D eigenvalue weighted by molar-refractivity contribution is 7.91. The molecule has 0 aliphatic carbocycles. The molecule has 1 N–H and O–H groups in total. The van der Waals surface area contributed by atoms with Crippen LogP contribution < -0.4 is 5.32 Å². The van der Waals surface area contributed by atoms with Crippen molar-refractivity contribution in [3.63, 3.8) is 0 Å². The molecule has 0 aromatic carbocycles. The number of sulfonamides is 1. The van der Waals surface area contributed by atoms with E-state index < -0.39 is 16.0 Å². The first kappa shape index (κ1) is 19.3. The minimum Gasteiger partial charge on any atom is -0.464 e. The highest BCUT2D eigenvalue weighted by atomic mass is 35.5. The second-order valence-corrected chi connectivity index (χ2v) is 7.68. The molecule has 0 radical (unpaired) electrons. The van der Waals surface area contributed by atoms with E-state index in [2.05, 4.69) is 15.0 Å². The fourth-order valence-corrected chi connectivity index (χ4v) is 5.30. The molecular weight excluding hydrogens is 350 g/mol. The topological polar surface area (TPSA) is 88.6 Å². The second kappa shape index (κ2) is 8.21. The number of methoxy groups -OCH3 is 1. The molecule has 0 bridgehead atoms. The standard InChI is InChI=1S/C12H19N3O4S2.ClH/c1-3-4-9-7-13-5-6-15(9)21(17,18)12-10(11(16)19-2)14-8-20-12;/h8-9,13H,3-7H2,1-2H3;1H. The number of hydrogen-bond acceptors (Lipinski definition) is 7. The SMILES string of the molecule is CCCC1CNCCN1S(=O)(=O)c1scnc1C(=O)OC.Cl. The van der Waals surface area contributed by atoms with E-state index in [-0.39, 0.29) is 28.4 Å². The Kier molecular flexibility index (Phi) is 7.20. The summed E-state index contributed by atoms with van der Waals surface area (Å²) >= 11 is 0.952. The van der Waals surface area contributed by atoms with Gasteiger partial charge in [-0.2, -0.15) is 4.31 Å². The van der Waals surface area contributed by atoms with Crippen molar-refractivity contribution in [2.24, 2.45) is 0 Å². The number of piperazine rings is 1. The molecule has 1 aromatic rings. The summed E-state index contributed by atoms with van der Waals surface area (Å²) in [4.78, 5) is 15.5. The zero-order valence-electron chi connectivity index (χ0n) is 12.4. The van der Waals surface area contributed by atoms with Crippen LogP contribution in [0.4, 0.5) is 0 Å². The summed E-state index contributed by atoms with van der Waals surface area (Å²) in [5.41, 5.74) is 1.23. The molecule has 2 rings (SSSR count). The predicted octanol–water partition coefficient (Wildman–Crippen LogP) is 1.11. The van der Waals surface area contributed by atoms with Crippen molar-refractivity contribution < 1.29 is 17.9 Å². The number of ether oxygens (including phenoxy) is 1. The lowest BCUT2D eigenvalue weighted by Gasteiger charge is -2.34. The van der Waals surface area contributed by atoms with Gasteiger partial charge >= 0.3 is 5.97 Å². The van der Waals surface area contributed by atoms with Gasteiger partial charge in [0.2, 0.25) is 0 Å². The Morgan fingerprint density at radius 3 is 2.95 bits per heavy atom. The molecule has 0 amide bonds. The molecule has 1 atom stereocenters. The van der Waals surface area contributed by atoms with E-state index in [0.717, 1.165) is 24.2 Å². The Labute approximate surface area is 140 Å². The van der Waals surface area contributed by atoms with Crippen LogP contribution in [0.3, 0.4) is 0 Å². The lowest BCUT2D eigenvalue weighted by molar-refractivity contribution is 0.0590. The van der Waals surface area contributed by atoms with Gasteiger partial charge < -0.3 is 10.1 Å². The Balaban J connectivity index is 0.00000242. The van der Waals surface area contributed by atoms with Crippen molar-refractivity contribution in [1.29, 1.82) is 0 Å². The number of rotatable bonds is 5. The van der Waals surface area contributed by atoms with Gasteiger partial charge in [0.15, 0.2) is 9.90 Å². The van der Waals surface area contributed by atoms with Crippen LogP contribution in [0.2, 0.25) is 0 Å². The van der Waals surface area contributed by atoms with Crippen LogP contribution in [0.5, 0.6) is 0 Å². The zero-order chi connectivity index (χ0) is 15.5. The van der Waals surface area contributed by atoms with Gasteiger partial charge in [0.1, 0.15) is 0 Å². The summed E-state index contributed by atoms with van der Waals surface area (Å²) in [5.74, 6) is -0.725. The fraction of sp³-hybridized carbons (Fsp3) is 0.667. The van der Waals surface area contributed by atoms with Gasteiger partial charge in [0.25, 0.3) is 10.0 Å². The smallest absolute Gasteiger partial charge is 0.358 e. The van der Waals surface area contributed by atoms with Crippen molar-refractivity contribution in [3.05, 3.63) is 11.2 Å². The average molecular weight is 370 g/mol. The first-order valence-electron chi connectivity index (χ1n) is 6.76. The number of nitrogens with zero attached hydrogens (tertiary/aromatic N) is 2. The van der Waals surface area contributed by atoms with E-state index in [0.29, 0.717) is 19.6 Å². The van der Waals surface area contributed by atoms with Gasteiger partial charge in [-0.3, -0.25) is 0 Å². The van der Waals surface area contributed by atoms with Gasteiger partial charge in [0.05, 0.1) is 12.6 Å². The molecule has 1 fully saturated rings. The molecule has 1 aliphatic heterocycles. The van der Waals surface area contributed by atoms with Crippen molar-refractivity contribution in [2.45, 2.75) is 30.0 Å². The zero-order valence-corrected chi connectivity index (χ0v) is 14.9. The quantitative estimate of drug-likeness (QED) is 0.782. The number of esters is 1.